The Morgan fingerprint density at radius 3 is 2.59 bits per heavy atom. The van der Waals surface area contributed by atoms with Crippen molar-refractivity contribution in [1.82, 2.24) is 4.90 Å². The molecule has 0 aliphatic carbocycles. The first-order chi connectivity index (χ1) is 8.20. The Morgan fingerprint density at radius 1 is 1.29 bits per heavy atom. The Kier molecular flexibility index (Phi) is 3.88. The van der Waals surface area contributed by atoms with Gasteiger partial charge in [0.1, 0.15) is 0 Å². The van der Waals surface area contributed by atoms with Crippen LogP contribution in [0.2, 0.25) is 5.02 Å². The molecule has 0 bridgehead atoms. The van der Waals surface area contributed by atoms with Crippen molar-refractivity contribution in [3.8, 4) is 6.07 Å². The summed E-state index contributed by atoms with van der Waals surface area (Å²) in [6, 6.07) is 10.2. The molecule has 3 nitrogen and oxygen atoms in total. The van der Waals surface area contributed by atoms with E-state index in [-0.39, 0.29) is 6.04 Å². The predicted molar refractivity (Wildman–Crippen MR) is 70.3 cm³/mol. The fraction of sp³-hybridized carbons (Fsp3) is 0.462. The van der Waals surface area contributed by atoms with Crippen LogP contribution in [-0.4, -0.2) is 37.1 Å². The van der Waals surface area contributed by atoms with Gasteiger partial charge < -0.3 is 4.90 Å². The molecule has 1 aromatic carbocycles. The SMILES string of the molecule is C[C@@H](C#N)N1CCN(c2cccc(Cl)c2)CC1. The van der Waals surface area contributed by atoms with Crippen LogP contribution in [0.25, 0.3) is 0 Å². The first kappa shape index (κ1) is 12.2. The molecule has 1 atom stereocenters. The van der Waals surface area contributed by atoms with Crippen LogP contribution in [0, 0.1) is 11.3 Å². The van der Waals surface area contributed by atoms with Gasteiger partial charge in [-0.05, 0) is 25.1 Å². The highest BCUT2D eigenvalue weighted by atomic mass is 35.5. The smallest absolute Gasteiger partial charge is 0.0950 e. The van der Waals surface area contributed by atoms with E-state index in [9.17, 15) is 0 Å². The average Bonchev–Trinajstić information content (AvgIpc) is 2.38. The minimum atomic E-state index is 0.0107. The lowest BCUT2D eigenvalue weighted by molar-refractivity contribution is 0.231. The molecule has 1 aliphatic rings. The Morgan fingerprint density at radius 2 is 2.00 bits per heavy atom. The van der Waals surface area contributed by atoms with E-state index < -0.39 is 0 Å². The van der Waals surface area contributed by atoms with Crippen molar-refractivity contribution >= 4 is 17.3 Å². The average molecular weight is 250 g/mol. The fourth-order valence-corrected chi connectivity index (χ4v) is 2.31. The van der Waals surface area contributed by atoms with Crippen LogP contribution in [0.15, 0.2) is 24.3 Å². The van der Waals surface area contributed by atoms with E-state index in [1.54, 1.807) is 0 Å². The van der Waals surface area contributed by atoms with Gasteiger partial charge in [0, 0.05) is 36.9 Å². The maximum atomic E-state index is 8.88. The van der Waals surface area contributed by atoms with Gasteiger partial charge in [-0.15, -0.1) is 0 Å². The topological polar surface area (TPSA) is 30.3 Å². The van der Waals surface area contributed by atoms with Crippen LogP contribution in [0.4, 0.5) is 5.69 Å². The minimum absolute atomic E-state index is 0.0107. The van der Waals surface area contributed by atoms with Crippen LogP contribution >= 0.6 is 11.6 Å². The summed E-state index contributed by atoms with van der Waals surface area (Å²) >= 11 is 5.99. The first-order valence-corrected chi connectivity index (χ1v) is 6.22. The third-order valence-corrected chi connectivity index (χ3v) is 3.46. The lowest BCUT2D eigenvalue weighted by atomic mass is 10.2. The Labute approximate surface area is 107 Å². The van der Waals surface area contributed by atoms with Crippen LogP contribution < -0.4 is 4.90 Å². The van der Waals surface area contributed by atoms with Crippen molar-refractivity contribution in [3.05, 3.63) is 29.3 Å². The molecular formula is C13H16ClN3. The first-order valence-electron chi connectivity index (χ1n) is 5.85. The van der Waals surface area contributed by atoms with E-state index in [0.29, 0.717) is 0 Å². The molecule has 0 spiro atoms. The van der Waals surface area contributed by atoms with Crippen molar-refractivity contribution in [2.45, 2.75) is 13.0 Å². The maximum Gasteiger partial charge on any atom is 0.0950 e. The van der Waals surface area contributed by atoms with E-state index in [1.165, 1.54) is 5.69 Å². The summed E-state index contributed by atoms with van der Waals surface area (Å²) in [6.07, 6.45) is 0. The number of nitriles is 1. The summed E-state index contributed by atoms with van der Waals surface area (Å²) in [6.45, 7) is 5.72. The van der Waals surface area contributed by atoms with Crippen LogP contribution in [0.3, 0.4) is 0 Å². The lowest BCUT2D eigenvalue weighted by Gasteiger charge is -2.37. The van der Waals surface area contributed by atoms with Gasteiger partial charge in [-0.1, -0.05) is 17.7 Å². The van der Waals surface area contributed by atoms with Gasteiger partial charge in [0.25, 0.3) is 0 Å². The van der Waals surface area contributed by atoms with Crippen molar-refractivity contribution in [3.63, 3.8) is 0 Å². The summed E-state index contributed by atoms with van der Waals surface area (Å²) < 4.78 is 0. The third kappa shape index (κ3) is 2.91. The van der Waals surface area contributed by atoms with Gasteiger partial charge in [-0.25, -0.2) is 0 Å². The Bertz CT molecular complexity index is 419. The zero-order chi connectivity index (χ0) is 12.3. The number of rotatable bonds is 2. The monoisotopic (exact) mass is 249 g/mol. The van der Waals surface area contributed by atoms with Crippen LogP contribution in [-0.2, 0) is 0 Å². The number of anilines is 1. The standard InChI is InChI=1S/C13H16ClN3/c1-11(10-15)16-5-7-17(8-6-16)13-4-2-3-12(14)9-13/h2-4,9,11H,5-8H2,1H3/t11-/m0/s1. The Hall–Kier alpha value is -1.24. The summed E-state index contributed by atoms with van der Waals surface area (Å²) in [5.41, 5.74) is 1.17. The molecule has 0 radical (unpaired) electrons. The molecule has 0 unspecified atom stereocenters. The van der Waals surface area contributed by atoms with Gasteiger partial charge in [0.2, 0.25) is 0 Å². The maximum absolute atomic E-state index is 8.88. The summed E-state index contributed by atoms with van der Waals surface area (Å²) in [7, 11) is 0. The van der Waals surface area contributed by atoms with Gasteiger partial charge in [0.05, 0.1) is 12.1 Å². The second-order valence-corrected chi connectivity index (χ2v) is 4.74. The van der Waals surface area contributed by atoms with Gasteiger partial charge in [-0.2, -0.15) is 5.26 Å². The van der Waals surface area contributed by atoms with E-state index >= 15 is 0 Å². The molecule has 0 N–H and O–H groups in total. The third-order valence-electron chi connectivity index (χ3n) is 3.22. The van der Waals surface area contributed by atoms with Crippen molar-refractivity contribution in [1.29, 1.82) is 5.26 Å². The molecule has 17 heavy (non-hydrogen) atoms. The highest BCUT2D eigenvalue weighted by Crippen LogP contribution is 2.21. The molecule has 90 valence electrons. The molecule has 2 rings (SSSR count). The molecule has 4 heteroatoms. The summed E-state index contributed by atoms with van der Waals surface area (Å²) in [5.74, 6) is 0. The quantitative estimate of drug-likeness (QED) is 0.806. The number of benzene rings is 1. The van der Waals surface area contributed by atoms with Gasteiger partial charge in [0.15, 0.2) is 0 Å². The van der Waals surface area contributed by atoms with Crippen molar-refractivity contribution in [2.24, 2.45) is 0 Å². The molecule has 0 saturated carbocycles. The number of piperazine rings is 1. The van der Waals surface area contributed by atoms with Gasteiger partial charge in [-0.3, -0.25) is 4.90 Å². The molecule has 1 saturated heterocycles. The second kappa shape index (κ2) is 5.39. The molecule has 0 amide bonds. The van der Waals surface area contributed by atoms with Crippen molar-refractivity contribution in [2.75, 3.05) is 31.1 Å². The molecule has 1 aromatic rings. The molecular weight excluding hydrogens is 234 g/mol. The molecule has 1 heterocycles. The fourth-order valence-electron chi connectivity index (χ4n) is 2.12. The van der Waals surface area contributed by atoms with Gasteiger partial charge >= 0.3 is 0 Å². The van der Waals surface area contributed by atoms with E-state index in [2.05, 4.69) is 21.9 Å². The van der Waals surface area contributed by atoms with E-state index in [1.807, 2.05) is 25.1 Å². The van der Waals surface area contributed by atoms with E-state index in [4.69, 9.17) is 16.9 Å². The largest absolute Gasteiger partial charge is 0.369 e. The summed E-state index contributed by atoms with van der Waals surface area (Å²) in [4.78, 5) is 4.52. The second-order valence-electron chi connectivity index (χ2n) is 4.31. The number of halogens is 1. The number of hydrogen-bond acceptors (Lipinski definition) is 3. The molecule has 0 aromatic heterocycles. The highest BCUT2D eigenvalue weighted by Gasteiger charge is 2.20. The zero-order valence-corrected chi connectivity index (χ0v) is 10.7. The van der Waals surface area contributed by atoms with Crippen LogP contribution in [0.1, 0.15) is 6.92 Å². The predicted octanol–water partition coefficient (Wildman–Crippen LogP) is 2.37. The van der Waals surface area contributed by atoms with E-state index in [0.717, 1.165) is 31.2 Å². The molecule has 1 fully saturated rings. The molecule has 1 aliphatic heterocycles. The minimum Gasteiger partial charge on any atom is -0.369 e. The number of hydrogen-bond donors (Lipinski definition) is 0. The van der Waals surface area contributed by atoms with Crippen LogP contribution in [0.5, 0.6) is 0 Å². The van der Waals surface area contributed by atoms with Crippen molar-refractivity contribution < 1.29 is 0 Å². The summed E-state index contributed by atoms with van der Waals surface area (Å²) in [5, 5.41) is 9.66. The number of nitrogens with zero attached hydrogens (tertiary/aromatic N) is 3. The highest BCUT2D eigenvalue weighted by molar-refractivity contribution is 6.30. The zero-order valence-electron chi connectivity index (χ0n) is 9.93. The Balaban J connectivity index is 1.98. The lowest BCUT2D eigenvalue weighted by Crippen LogP contribution is -2.49. The normalized spacial score (nSPS) is 18.8.